The molecule has 100 valence electrons. The van der Waals surface area contributed by atoms with Crippen LogP contribution in [0.25, 0.3) is 32.4 Å². The number of fused-ring (bicyclic) bond motifs is 5. The number of pyridine rings is 1. The molecule has 0 spiro atoms. The second kappa shape index (κ2) is 4.28. The fraction of sp³-hybridized carbons (Fsp3) is 0. The Balaban J connectivity index is 2.37. The molecule has 3 heteroatoms. The largest absolute Gasteiger partial charge is 0.476 e. The molecule has 3 aromatic carbocycles. The minimum absolute atomic E-state index is 0.106. The first-order chi connectivity index (χ1) is 10.3. The molecule has 1 aromatic heterocycles. The molecule has 0 aliphatic heterocycles. The predicted molar refractivity (Wildman–Crippen MR) is 83.7 cm³/mol. The van der Waals surface area contributed by atoms with Gasteiger partial charge < -0.3 is 5.11 Å². The maximum Gasteiger partial charge on any atom is 0.355 e. The average Bonchev–Trinajstić information content (AvgIpc) is 2.53. The maximum absolute atomic E-state index is 11.5. The summed E-state index contributed by atoms with van der Waals surface area (Å²) in [6, 6.07) is 19.5. The molecule has 1 heterocycles. The Morgan fingerprint density at radius 2 is 1.52 bits per heavy atom. The highest BCUT2D eigenvalue weighted by molar-refractivity contribution is 6.22. The fourth-order valence-electron chi connectivity index (χ4n) is 2.89. The first kappa shape index (κ1) is 11.9. The number of benzene rings is 3. The monoisotopic (exact) mass is 273 g/mol. The second-order valence-corrected chi connectivity index (χ2v) is 4.99. The minimum atomic E-state index is -0.999. The Morgan fingerprint density at radius 3 is 2.33 bits per heavy atom. The van der Waals surface area contributed by atoms with Crippen molar-refractivity contribution in [1.82, 2.24) is 4.98 Å². The van der Waals surface area contributed by atoms with Gasteiger partial charge in [0, 0.05) is 16.2 Å². The highest BCUT2D eigenvalue weighted by Crippen LogP contribution is 2.32. The van der Waals surface area contributed by atoms with Crippen molar-refractivity contribution in [2.75, 3.05) is 0 Å². The first-order valence-corrected chi connectivity index (χ1v) is 6.69. The van der Waals surface area contributed by atoms with Crippen LogP contribution in [0.2, 0.25) is 0 Å². The Hall–Kier alpha value is -2.94. The number of aromatic carboxylic acids is 1. The SMILES string of the molecule is O=C(O)c1nc2ccccc2c2c1ccc1ccccc12. The van der Waals surface area contributed by atoms with Crippen LogP contribution in [0.5, 0.6) is 0 Å². The number of hydrogen-bond donors (Lipinski definition) is 1. The molecule has 4 rings (SSSR count). The Bertz CT molecular complexity index is 1010. The molecule has 0 fully saturated rings. The number of carboxylic acid groups (broad SMARTS) is 1. The third kappa shape index (κ3) is 1.68. The van der Waals surface area contributed by atoms with E-state index in [0.717, 1.165) is 21.5 Å². The summed E-state index contributed by atoms with van der Waals surface area (Å²) < 4.78 is 0. The van der Waals surface area contributed by atoms with Gasteiger partial charge in [0.1, 0.15) is 0 Å². The van der Waals surface area contributed by atoms with E-state index in [1.54, 1.807) is 0 Å². The number of rotatable bonds is 1. The van der Waals surface area contributed by atoms with E-state index in [1.807, 2.05) is 60.7 Å². The molecular weight excluding hydrogens is 262 g/mol. The van der Waals surface area contributed by atoms with E-state index in [-0.39, 0.29) is 5.69 Å². The summed E-state index contributed by atoms with van der Waals surface area (Å²) in [5.41, 5.74) is 0.813. The lowest BCUT2D eigenvalue weighted by Crippen LogP contribution is -2.02. The number of para-hydroxylation sites is 1. The van der Waals surface area contributed by atoms with Crippen molar-refractivity contribution in [2.45, 2.75) is 0 Å². The van der Waals surface area contributed by atoms with Gasteiger partial charge in [-0.3, -0.25) is 0 Å². The van der Waals surface area contributed by atoms with Crippen molar-refractivity contribution in [3.05, 3.63) is 66.4 Å². The van der Waals surface area contributed by atoms with Crippen molar-refractivity contribution in [3.8, 4) is 0 Å². The molecule has 4 aromatic rings. The van der Waals surface area contributed by atoms with Gasteiger partial charge in [-0.15, -0.1) is 0 Å². The molecule has 0 saturated carbocycles. The van der Waals surface area contributed by atoms with Crippen LogP contribution in [0.4, 0.5) is 0 Å². The van der Waals surface area contributed by atoms with Crippen LogP contribution in [0.3, 0.4) is 0 Å². The molecule has 0 bridgehead atoms. The predicted octanol–water partition coefficient (Wildman–Crippen LogP) is 4.24. The second-order valence-electron chi connectivity index (χ2n) is 4.99. The van der Waals surface area contributed by atoms with Crippen molar-refractivity contribution in [2.24, 2.45) is 0 Å². The zero-order valence-corrected chi connectivity index (χ0v) is 11.1. The van der Waals surface area contributed by atoms with E-state index in [2.05, 4.69) is 4.98 Å². The van der Waals surface area contributed by atoms with Gasteiger partial charge in [0.15, 0.2) is 5.69 Å². The molecular formula is C18H11NO2. The van der Waals surface area contributed by atoms with Crippen LogP contribution in [0.1, 0.15) is 10.5 Å². The average molecular weight is 273 g/mol. The molecule has 0 amide bonds. The van der Waals surface area contributed by atoms with Gasteiger partial charge in [0.25, 0.3) is 0 Å². The third-order valence-corrected chi connectivity index (χ3v) is 3.79. The van der Waals surface area contributed by atoms with Gasteiger partial charge in [-0.2, -0.15) is 0 Å². The van der Waals surface area contributed by atoms with Crippen molar-refractivity contribution >= 4 is 38.4 Å². The van der Waals surface area contributed by atoms with E-state index in [0.29, 0.717) is 10.9 Å². The van der Waals surface area contributed by atoms with Gasteiger partial charge >= 0.3 is 5.97 Å². The quantitative estimate of drug-likeness (QED) is 0.528. The summed E-state index contributed by atoms with van der Waals surface area (Å²) in [4.78, 5) is 15.8. The molecule has 0 aliphatic rings. The van der Waals surface area contributed by atoms with E-state index in [1.165, 1.54) is 0 Å². The molecule has 0 aliphatic carbocycles. The van der Waals surface area contributed by atoms with Gasteiger partial charge in [-0.25, -0.2) is 9.78 Å². The minimum Gasteiger partial charge on any atom is -0.476 e. The summed E-state index contributed by atoms with van der Waals surface area (Å²) in [6.45, 7) is 0. The van der Waals surface area contributed by atoms with Crippen molar-refractivity contribution in [1.29, 1.82) is 0 Å². The summed E-state index contributed by atoms with van der Waals surface area (Å²) in [5, 5.41) is 14.2. The first-order valence-electron chi connectivity index (χ1n) is 6.69. The third-order valence-electron chi connectivity index (χ3n) is 3.79. The van der Waals surface area contributed by atoms with Crippen molar-refractivity contribution < 1.29 is 9.90 Å². The van der Waals surface area contributed by atoms with Crippen LogP contribution in [0.15, 0.2) is 60.7 Å². The zero-order valence-electron chi connectivity index (χ0n) is 11.1. The van der Waals surface area contributed by atoms with Crippen LogP contribution in [-0.2, 0) is 0 Å². The Kier molecular flexibility index (Phi) is 2.42. The number of carbonyl (C=O) groups is 1. The summed E-state index contributed by atoms with van der Waals surface area (Å²) in [6.07, 6.45) is 0. The van der Waals surface area contributed by atoms with E-state index >= 15 is 0 Å². The summed E-state index contributed by atoms with van der Waals surface area (Å²) >= 11 is 0. The lowest BCUT2D eigenvalue weighted by atomic mass is 9.97. The molecule has 0 saturated heterocycles. The molecule has 21 heavy (non-hydrogen) atoms. The van der Waals surface area contributed by atoms with Crippen LogP contribution < -0.4 is 0 Å². The number of aromatic nitrogens is 1. The van der Waals surface area contributed by atoms with Crippen LogP contribution in [0, 0.1) is 0 Å². The summed E-state index contributed by atoms with van der Waals surface area (Å²) in [7, 11) is 0. The highest BCUT2D eigenvalue weighted by Gasteiger charge is 2.15. The summed E-state index contributed by atoms with van der Waals surface area (Å²) in [5.74, 6) is -0.999. The Morgan fingerprint density at radius 1 is 0.810 bits per heavy atom. The van der Waals surface area contributed by atoms with E-state index in [9.17, 15) is 9.90 Å². The standard InChI is InChI=1S/C18H11NO2/c20-18(21)17-14-10-9-11-5-1-2-6-12(11)16(14)13-7-3-4-8-15(13)19-17/h1-10H,(H,20,21). The van der Waals surface area contributed by atoms with Gasteiger partial charge in [0.2, 0.25) is 0 Å². The van der Waals surface area contributed by atoms with Gasteiger partial charge in [-0.1, -0.05) is 54.6 Å². The van der Waals surface area contributed by atoms with Crippen LogP contribution in [-0.4, -0.2) is 16.1 Å². The van der Waals surface area contributed by atoms with Gasteiger partial charge in [-0.05, 0) is 16.8 Å². The topological polar surface area (TPSA) is 50.2 Å². The van der Waals surface area contributed by atoms with Crippen LogP contribution >= 0.6 is 0 Å². The van der Waals surface area contributed by atoms with E-state index < -0.39 is 5.97 Å². The zero-order chi connectivity index (χ0) is 14.4. The maximum atomic E-state index is 11.5. The number of carboxylic acids is 1. The number of hydrogen-bond acceptors (Lipinski definition) is 2. The molecule has 1 N–H and O–H groups in total. The molecule has 0 unspecified atom stereocenters. The molecule has 0 radical (unpaired) electrons. The Labute approximate surface area is 120 Å². The molecule has 0 atom stereocenters. The number of nitrogens with zero attached hydrogens (tertiary/aromatic N) is 1. The fourth-order valence-corrected chi connectivity index (χ4v) is 2.89. The van der Waals surface area contributed by atoms with E-state index in [4.69, 9.17) is 0 Å². The lowest BCUT2D eigenvalue weighted by molar-refractivity contribution is 0.0693. The van der Waals surface area contributed by atoms with Crippen molar-refractivity contribution in [3.63, 3.8) is 0 Å². The normalized spacial score (nSPS) is 11.2. The van der Waals surface area contributed by atoms with Gasteiger partial charge in [0.05, 0.1) is 5.52 Å². The highest BCUT2D eigenvalue weighted by atomic mass is 16.4. The molecule has 3 nitrogen and oxygen atoms in total. The smallest absolute Gasteiger partial charge is 0.355 e. The lowest BCUT2D eigenvalue weighted by Gasteiger charge is -2.09.